The van der Waals surface area contributed by atoms with E-state index in [9.17, 15) is 0 Å². The summed E-state index contributed by atoms with van der Waals surface area (Å²) in [6.45, 7) is 6.15. The highest BCUT2D eigenvalue weighted by molar-refractivity contribution is 5.58. The van der Waals surface area contributed by atoms with Gasteiger partial charge in [0.1, 0.15) is 0 Å². The zero-order valence-corrected chi connectivity index (χ0v) is 12.0. The van der Waals surface area contributed by atoms with Crippen LogP contribution in [-0.2, 0) is 0 Å². The van der Waals surface area contributed by atoms with Crippen molar-refractivity contribution in [1.29, 1.82) is 0 Å². The zero-order chi connectivity index (χ0) is 13.9. The summed E-state index contributed by atoms with van der Waals surface area (Å²) in [5, 5.41) is 0. The predicted octanol–water partition coefficient (Wildman–Crippen LogP) is 1.60. The highest BCUT2D eigenvalue weighted by atomic mass is 15.3. The van der Waals surface area contributed by atoms with Crippen LogP contribution in [0.4, 0.5) is 5.95 Å². The summed E-state index contributed by atoms with van der Waals surface area (Å²) in [6.07, 6.45) is 5.55. The van der Waals surface area contributed by atoms with Gasteiger partial charge in [-0.2, -0.15) is 0 Å². The van der Waals surface area contributed by atoms with Crippen LogP contribution in [-0.4, -0.2) is 53.1 Å². The van der Waals surface area contributed by atoms with Crippen molar-refractivity contribution in [2.45, 2.75) is 6.92 Å². The molecule has 1 aliphatic heterocycles. The Labute approximate surface area is 119 Å². The second kappa shape index (κ2) is 5.54. The van der Waals surface area contributed by atoms with E-state index in [-0.39, 0.29) is 0 Å². The van der Waals surface area contributed by atoms with E-state index in [0.717, 1.165) is 43.4 Å². The van der Waals surface area contributed by atoms with Crippen LogP contribution >= 0.6 is 0 Å². The summed E-state index contributed by atoms with van der Waals surface area (Å²) in [4.78, 5) is 17.9. The van der Waals surface area contributed by atoms with Crippen molar-refractivity contribution in [3.63, 3.8) is 0 Å². The summed E-state index contributed by atoms with van der Waals surface area (Å²) >= 11 is 0. The van der Waals surface area contributed by atoms with Crippen LogP contribution in [0, 0.1) is 6.92 Å². The fraction of sp³-hybridized carbons (Fsp3) is 0.400. The number of likely N-dealkylation sites (N-methyl/N-ethyl adjacent to an activating group) is 1. The van der Waals surface area contributed by atoms with Gasteiger partial charge in [-0.05, 0) is 31.7 Å². The van der Waals surface area contributed by atoms with E-state index in [4.69, 9.17) is 0 Å². The summed E-state index contributed by atoms with van der Waals surface area (Å²) < 4.78 is 0. The first-order valence-electron chi connectivity index (χ1n) is 6.91. The molecule has 0 amide bonds. The average Bonchev–Trinajstić information content (AvgIpc) is 2.48. The Kier molecular flexibility index (Phi) is 3.60. The lowest BCUT2D eigenvalue weighted by Gasteiger charge is -2.32. The Morgan fingerprint density at radius 2 is 1.70 bits per heavy atom. The third-order valence-corrected chi connectivity index (χ3v) is 3.64. The lowest BCUT2D eigenvalue weighted by molar-refractivity contribution is 0.311. The number of aryl methyl sites for hydroxylation is 1. The van der Waals surface area contributed by atoms with Gasteiger partial charge in [-0.3, -0.25) is 4.98 Å². The maximum absolute atomic E-state index is 4.49. The van der Waals surface area contributed by atoms with Crippen molar-refractivity contribution >= 4 is 5.95 Å². The van der Waals surface area contributed by atoms with Crippen LogP contribution in [0.15, 0.2) is 30.7 Å². The van der Waals surface area contributed by atoms with Gasteiger partial charge < -0.3 is 9.80 Å². The first kappa shape index (κ1) is 13.0. The molecule has 3 heterocycles. The largest absolute Gasteiger partial charge is 0.338 e. The number of aromatic nitrogens is 3. The second-order valence-corrected chi connectivity index (χ2v) is 5.28. The Balaban J connectivity index is 1.78. The van der Waals surface area contributed by atoms with Gasteiger partial charge in [-0.25, -0.2) is 9.97 Å². The van der Waals surface area contributed by atoms with Crippen LogP contribution < -0.4 is 4.90 Å². The molecule has 104 valence electrons. The van der Waals surface area contributed by atoms with E-state index < -0.39 is 0 Å². The van der Waals surface area contributed by atoms with Gasteiger partial charge >= 0.3 is 0 Å². The second-order valence-electron chi connectivity index (χ2n) is 5.28. The van der Waals surface area contributed by atoms with Crippen LogP contribution in [0.1, 0.15) is 5.56 Å². The van der Waals surface area contributed by atoms with Gasteiger partial charge in [0.15, 0.2) is 0 Å². The molecule has 1 aliphatic rings. The Morgan fingerprint density at radius 1 is 1.00 bits per heavy atom. The maximum Gasteiger partial charge on any atom is 0.225 e. The molecule has 0 unspecified atom stereocenters. The monoisotopic (exact) mass is 269 g/mol. The van der Waals surface area contributed by atoms with Crippen molar-refractivity contribution in [3.8, 4) is 11.3 Å². The highest BCUT2D eigenvalue weighted by Crippen LogP contribution is 2.18. The van der Waals surface area contributed by atoms with Gasteiger partial charge in [0.25, 0.3) is 0 Å². The number of piperazine rings is 1. The fourth-order valence-electron chi connectivity index (χ4n) is 2.32. The van der Waals surface area contributed by atoms with E-state index in [1.54, 1.807) is 0 Å². The number of hydrogen-bond donors (Lipinski definition) is 0. The molecule has 0 atom stereocenters. The lowest BCUT2D eigenvalue weighted by Crippen LogP contribution is -2.45. The van der Waals surface area contributed by atoms with Crippen molar-refractivity contribution in [3.05, 3.63) is 36.3 Å². The molecule has 0 radical (unpaired) electrons. The molecule has 2 aromatic heterocycles. The third-order valence-electron chi connectivity index (χ3n) is 3.64. The van der Waals surface area contributed by atoms with E-state index in [1.807, 2.05) is 30.7 Å². The van der Waals surface area contributed by atoms with Crippen LogP contribution in [0.5, 0.6) is 0 Å². The molecule has 2 aromatic rings. The number of rotatable bonds is 2. The van der Waals surface area contributed by atoms with E-state index in [0.29, 0.717) is 0 Å². The minimum absolute atomic E-state index is 0.814. The lowest BCUT2D eigenvalue weighted by atomic mass is 10.2. The molecule has 0 saturated carbocycles. The highest BCUT2D eigenvalue weighted by Gasteiger charge is 2.16. The van der Waals surface area contributed by atoms with E-state index >= 15 is 0 Å². The molecule has 5 heteroatoms. The Bertz CT molecular complexity index is 573. The molecule has 20 heavy (non-hydrogen) atoms. The Hall–Kier alpha value is -2.01. The van der Waals surface area contributed by atoms with Gasteiger partial charge in [0, 0.05) is 50.3 Å². The van der Waals surface area contributed by atoms with Gasteiger partial charge in [-0.1, -0.05) is 0 Å². The van der Waals surface area contributed by atoms with Crippen molar-refractivity contribution in [2.24, 2.45) is 0 Å². The molecule has 1 saturated heterocycles. The first-order chi connectivity index (χ1) is 9.72. The maximum atomic E-state index is 4.49. The molecular formula is C15H19N5. The first-order valence-corrected chi connectivity index (χ1v) is 6.91. The summed E-state index contributed by atoms with van der Waals surface area (Å²) in [6, 6.07) is 4.04. The Morgan fingerprint density at radius 3 is 2.35 bits per heavy atom. The molecule has 5 nitrogen and oxygen atoms in total. The van der Waals surface area contributed by atoms with Crippen molar-refractivity contribution in [2.75, 3.05) is 38.1 Å². The minimum atomic E-state index is 0.814. The smallest absolute Gasteiger partial charge is 0.225 e. The number of pyridine rings is 1. The number of nitrogens with zero attached hydrogens (tertiary/aromatic N) is 5. The minimum Gasteiger partial charge on any atom is -0.338 e. The quantitative estimate of drug-likeness (QED) is 0.828. The zero-order valence-electron chi connectivity index (χ0n) is 12.0. The molecule has 0 N–H and O–H groups in total. The van der Waals surface area contributed by atoms with Gasteiger partial charge in [0.05, 0.1) is 5.69 Å². The molecule has 0 aliphatic carbocycles. The van der Waals surface area contributed by atoms with Crippen molar-refractivity contribution in [1.82, 2.24) is 19.9 Å². The van der Waals surface area contributed by atoms with Crippen LogP contribution in [0.3, 0.4) is 0 Å². The average molecular weight is 269 g/mol. The third kappa shape index (κ3) is 2.77. The molecule has 0 spiro atoms. The fourth-order valence-corrected chi connectivity index (χ4v) is 2.32. The molecule has 0 bridgehead atoms. The summed E-state index contributed by atoms with van der Waals surface area (Å²) in [5.74, 6) is 0.814. The molecule has 3 rings (SSSR count). The van der Waals surface area contributed by atoms with Gasteiger partial charge in [-0.15, -0.1) is 0 Å². The van der Waals surface area contributed by atoms with Gasteiger partial charge in [0.2, 0.25) is 5.95 Å². The predicted molar refractivity (Wildman–Crippen MR) is 79.7 cm³/mol. The van der Waals surface area contributed by atoms with Crippen LogP contribution in [0.25, 0.3) is 11.3 Å². The summed E-state index contributed by atoms with van der Waals surface area (Å²) in [7, 11) is 2.14. The normalized spacial score (nSPS) is 16.4. The standard InChI is InChI=1S/C15H19N5/c1-12-3-4-16-14(9-12)13-10-17-15(18-11-13)20-7-5-19(2)6-8-20/h3-4,9-11H,5-8H2,1-2H3. The molecule has 1 fully saturated rings. The number of anilines is 1. The van der Waals surface area contributed by atoms with E-state index in [1.165, 1.54) is 5.56 Å². The SMILES string of the molecule is Cc1ccnc(-c2cnc(N3CCN(C)CC3)nc2)c1. The topological polar surface area (TPSA) is 45.2 Å². The summed E-state index contributed by atoms with van der Waals surface area (Å²) in [5.41, 5.74) is 3.08. The van der Waals surface area contributed by atoms with Crippen molar-refractivity contribution < 1.29 is 0 Å². The number of hydrogen-bond acceptors (Lipinski definition) is 5. The molecule has 0 aromatic carbocycles. The van der Waals surface area contributed by atoms with Crippen LogP contribution in [0.2, 0.25) is 0 Å². The molecular weight excluding hydrogens is 250 g/mol. The van der Waals surface area contributed by atoms with E-state index in [2.05, 4.69) is 38.7 Å².